The van der Waals surface area contributed by atoms with Crippen molar-refractivity contribution in [2.75, 3.05) is 26.3 Å². The number of hydrogen-bond acceptors (Lipinski definition) is 5. The van der Waals surface area contributed by atoms with Crippen molar-refractivity contribution in [1.29, 1.82) is 0 Å². The molecule has 0 radical (unpaired) electrons. The van der Waals surface area contributed by atoms with Crippen molar-refractivity contribution in [1.82, 2.24) is 14.9 Å². The molecule has 2 aliphatic rings. The van der Waals surface area contributed by atoms with Crippen molar-refractivity contribution in [2.24, 2.45) is 0 Å². The van der Waals surface area contributed by atoms with E-state index >= 15 is 0 Å². The van der Waals surface area contributed by atoms with Gasteiger partial charge in [-0.05, 0) is 68.1 Å². The van der Waals surface area contributed by atoms with Crippen molar-refractivity contribution < 1.29 is 9.84 Å². The van der Waals surface area contributed by atoms with Crippen LogP contribution in [0.4, 0.5) is 0 Å². The number of aliphatic hydroxyl groups excluding tert-OH is 1. The number of rotatable bonds is 2. The van der Waals surface area contributed by atoms with Crippen LogP contribution in [0.3, 0.4) is 0 Å². The number of aromatic nitrogens is 2. The molecule has 1 aromatic heterocycles. The first-order valence-electron chi connectivity index (χ1n) is 8.60. The van der Waals surface area contributed by atoms with Gasteiger partial charge in [-0.2, -0.15) is 0 Å². The summed E-state index contributed by atoms with van der Waals surface area (Å²) in [6.45, 7) is 4.94. The molecule has 0 spiro atoms. The Hall–Kier alpha value is -0.980. The minimum atomic E-state index is -0.424. The van der Waals surface area contributed by atoms with Gasteiger partial charge in [0.05, 0.1) is 30.4 Å². The summed E-state index contributed by atoms with van der Waals surface area (Å²) in [5.41, 5.74) is 1.67. The molecule has 2 fully saturated rings. The molecule has 0 bridgehead atoms. The first-order valence-corrected chi connectivity index (χ1v) is 9.35. The van der Waals surface area contributed by atoms with Gasteiger partial charge in [0.25, 0.3) is 0 Å². The van der Waals surface area contributed by atoms with Crippen LogP contribution in [0.5, 0.6) is 0 Å². The van der Waals surface area contributed by atoms with E-state index in [4.69, 9.17) is 27.9 Å². The van der Waals surface area contributed by atoms with Crippen LogP contribution in [-0.2, 0) is 4.74 Å². The molecule has 25 heavy (non-hydrogen) atoms. The Morgan fingerprint density at radius 3 is 2.72 bits per heavy atom. The third-order valence-corrected chi connectivity index (χ3v) is 6.22. The highest BCUT2D eigenvalue weighted by Gasteiger charge is 2.44. The zero-order valence-corrected chi connectivity index (χ0v) is 15.6. The predicted octanol–water partition coefficient (Wildman–Crippen LogP) is 3.27. The highest BCUT2D eigenvalue weighted by atomic mass is 35.5. The van der Waals surface area contributed by atoms with E-state index in [0.29, 0.717) is 19.1 Å². The van der Waals surface area contributed by atoms with Crippen LogP contribution >= 0.6 is 23.2 Å². The maximum Gasteiger partial charge on any atom is 0.222 e. The molecule has 4 rings (SSSR count). The van der Waals surface area contributed by atoms with Gasteiger partial charge in [0.2, 0.25) is 5.28 Å². The van der Waals surface area contributed by atoms with Crippen molar-refractivity contribution in [3.8, 4) is 0 Å². The highest BCUT2D eigenvalue weighted by Crippen LogP contribution is 2.38. The summed E-state index contributed by atoms with van der Waals surface area (Å²) in [5.74, 6) is 0.380. The van der Waals surface area contributed by atoms with E-state index in [1.807, 2.05) is 12.1 Å². The van der Waals surface area contributed by atoms with Gasteiger partial charge in [-0.15, -0.1) is 0 Å². The van der Waals surface area contributed by atoms with Gasteiger partial charge in [0.1, 0.15) is 0 Å². The van der Waals surface area contributed by atoms with E-state index in [2.05, 4.69) is 21.8 Å². The molecule has 3 heterocycles. The Labute approximate surface area is 156 Å². The average molecular weight is 382 g/mol. The minimum absolute atomic E-state index is 0.249. The van der Waals surface area contributed by atoms with Gasteiger partial charge < -0.3 is 9.84 Å². The largest absolute Gasteiger partial charge is 0.389 e. The minimum Gasteiger partial charge on any atom is -0.389 e. The molecule has 0 amide bonds. The average Bonchev–Trinajstić information content (AvgIpc) is 2.95. The Balaban J connectivity index is 1.54. The number of hydrogen-bond donors (Lipinski definition) is 1. The quantitative estimate of drug-likeness (QED) is 0.808. The summed E-state index contributed by atoms with van der Waals surface area (Å²) in [4.78, 5) is 10.7. The molecular formula is C18H21Cl2N3O2. The van der Waals surface area contributed by atoms with E-state index in [0.717, 1.165) is 47.4 Å². The monoisotopic (exact) mass is 381 g/mol. The fourth-order valence-corrected chi connectivity index (χ4v) is 4.48. The first-order chi connectivity index (χ1) is 12.0. The molecule has 2 aliphatic heterocycles. The van der Waals surface area contributed by atoms with Gasteiger partial charge in [-0.3, -0.25) is 4.90 Å². The van der Waals surface area contributed by atoms with Crippen LogP contribution in [0.15, 0.2) is 18.3 Å². The van der Waals surface area contributed by atoms with Gasteiger partial charge in [0.15, 0.2) is 0 Å². The van der Waals surface area contributed by atoms with Gasteiger partial charge >= 0.3 is 0 Å². The van der Waals surface area contributed by atoms with Crippen molar-refractivity contribution >= 4 is 34.1 Å². The van der Waals surface area contributed by atoms with Gasteiger partial charge in [-0.1, -0.05) is 11.6 Å². The summed E-state index contributed by atoms with van der Waals surface area (Å²) in [7, 11) is 0. The first kappa shape index (κ1) is 17.4. The molecule has 7 heteroatoms. The molecule has 1 aromatic carbocycles. The maximum atomic E-state index is 10.3. The molecule has 5 nitrogen and oxygen atoms in total. The Morgan fingerprint density at radius 1 is 1.28 bits per heavy atom. The lowest BCUT2D eigenvalue weighted by Gasteiger charge is -2.43. The lowest BCUT2D eigenvalue weighted by molar-refractivity contribution is -0.00211. The lowest BCUT2D eigenvalue weighted by atomic mass is 9.85. The number of ether oxygens (including phenoxy) is 1. The van der Waals surface area contributed by atoms with E-state index in [9.17, 15) is 5.11 Å². The zero-order chi connectivity index (χ0) is 17.6. The van der Waals surface area contributed by atoms with E-state index in [-0.39, 0.29) is 10.8 Å². The fraction of sp³-hybridized carbons (Fsp3) is 0.556. The van der Waals surface area contributed by atoms with Crippen LogP contribution in [-0.4, -0.2) is 57.9 Å². The normalized spacial score (nSPS) is 28.7. The predicted molar refractivity (Wildman–Crippen MR) is 98.3 cm³/mol. The third kappa shape index (κ3) is 3.13. The Bertz CT molecular complexity index is 795. The number of aliphatic hydroxyl groups is 1. The van der Waals surface area contributed by atoms with Crippen LogP contribution in [0.2, 0.25) is 10.3 Å². The van der Waals surface area contributed by atoms with Crippen molar-refractivity contribution in [3.05, 3.63) is 34.2 Å². The molecular weight excluding hydrogens is 361 g/mol. The Kier molecular flexibility index (Phi) is 4.63. The lowest BCUT2D eigenvalue weighted by Crippen LogP contribution is -2.56. The SMILES string of the molecule is CC1(N2CCC(c3cc4nc(Cl)ncc4cc3Cl)CC2)COCC1O. The molecule has 134 valence electrons. The highest BCUT2D eigenvalue weighted by molar-refractivity contribution is 6.32. The summed E-state index contributed by atoms with van der Waals surface area (Å²) < 4.78 is 5.48. The van der Waals surface area contributed by atoms with E-state index in [1.165, 1.54) is 0 Å². The van der Waals surface area contributed by atoms with Crippen LogP contribution < -0.4 is 0 Å². The second-order valence-corrected chi connectivity index (χ2v) is 7.97. The number of nitrogens with zero attached hydrogens (tertiary/aromatic N) is 3. The number of likely N-dealkylation sites (tertiary alicyclic amines) is 1. The molecule has 2 atom stereocenters. The van der Waals surface area contributed by atoms with Crippen LogP contribution in [0.1, 0.15) is 31.2 Å². The molecule has 0 aliphatic carbocycles. The standard InChI is InChI=1S/C18H21Cl2N3O2/c1-18(10-25-9-16(18)24)23-4-2-11(3-5-23)13-7-15-12(6-14(13)19)8-21-17(20)22-15/h6-8,11,16,24H,2-5,9-10H2,1H3. The number of halogens is 2. The second-order valence-electron chi connectivity index (χ2n) is 7.22. The Morgan fingerprint density at radius 2 is 2.04 bits per heavy atom. The van der Waals surface area contributed by atoms with E-state index < -0.39 is 6.10 Å². The molecule has 2 unspecified atom stereocenters. The van der Waals surface area contributed by atoms with Crippen molar-refractivity contribution in [3.63, 3.8) is 0 Å². The van der Waals surface area contributed by atoms with Gasteiger partial charge in [-0.25, -0.2) is 9.97 Å². The molecule has 0 saturated carbocycles. The summed E-state index contributed by atoms with van der Waals surface area (Å²) in [5, 5.41) is 12.2. The second kappa shape index (κ2) is 6.63. The van der Waals surface area contributed by atoms with Crippen molar-refractivity contribution in [2.45, 2.75) is 37.3 Å². The smallest absolute Gasteiger partial charge is 0.222 e. The maximum absolute atomic E-state index is 10.3. The van der Waals surface area contributed by atoms with Gasteiger partial charge in [0, 0.05) is 16.6 Å². The number of benzene rings is 1. The summed E-state index contributed by atoms with van der Waals surface area (Å²) >= 11 is 12.4. The number of fused-ring (bicyclic) bond motifs is 1. The molecule has 2 saturated heterocycles. The fourth-order valence-electron chi connectivity index (χ4n) is 4.01. The summed E-state index contributed by atoms with van der Waals surface area (Å²) in [6.07, 6.45) is 3.26. The molecule has 1 N–H and O–H groups in total. The van der Waals surface area contributed by atoms with Crippen LogP contribution in [0, 0.1) is 0 Å². The zero-order valence-electron chi connectivity index (χ0n) is 14.1. The summed E-state index contributed by atoms with van der Waals surface area (Å²) in [6, 6.07) is 3.96. The topological polar surface area (TPSA) is 58.5 Å². The third-order valence-electron chi connectivity index (χ3n) is 5.71. The van der Waals surface area contributed by atoms with Crippen LogP contribution in [0.25, 0.3) is 10.9 Å². The molecule has 2 aromatic rings. The van der Waals surface area contributed by atoms with E-state index in [1.54, 1.807) is 6.20 Å². The number of piperidine rings is 1.